The van der Waals surface area contributed by atoms with E-state index >= 15 is 0 Å². The molecule has 0 aliphatic carbocycles. The molecule has 10 nitrogen and oxygen atoms in total. The van der Waals surface area contributed by atoms with Crippen LogP contribution in [0.15, 0.2) is 46.8 Å². The Bertz CT molecular complexity index is 970. The monoisotopic (exact) mass is 473 g/mol. The van der Waals surface area contributed by atoms with Crippen LogP contribution in [0.4, 0.5) is 11.4 Å². The Morgan fingerprint density at radius 2 is 1.38 bits per heavy atom. The van der Waals surface area contributed by atoms with E-state index < -0.39 is 36.3 Å². The van der Waals surface area contributed by atoms with E-state index in [1.807, 2.05) is 31.1 Å². The average Bonchev–Trinajstić information content (AvgIpc) is 2.77. The van der Waals surface area contributed by atoms with Gasteiger partial charge in [-0.25, -0.2) is 9.59 Å². The SMILES string of the molecule is CCOC(=O)C1=C(C)NC(C)=C(C(=O)OCC)C1C(=O)OCC(=O)Nc1ccc(N(C)C)cc1. The number of benzene rings is 1. The lowest BCUT2D eigenvalue weighted by molar-refractivity contribution is -0.153. The summed E-state index contributed by atoms with van der Waals surface area (Å²) in [7, 11) is 3.80. The van der Waals surface area contributed by atoms with Crippen molar-refractivity contribution in [3.05, 3.63) is 46.8 Å². The number of ether oxygens (including phenoxy) is 3. The number of allylic oxidation sites excluding steroid dienone is 2. The lowest BCUT2D eigenvalue weighted by Crippen LogP contribution is -2.39. The highest BCUT2D eigenvalue weighted by molar-refractivity contribution is 6.06. The Labute approximate surface area is 198 Å². The summed E-state index contributed by atoms with van der Waals surface area (Å²) in [5, 5.41) is 5.56. The smallest absolute Gasteiger partial charge is 0.337 e. The normalized spacial score (nSPS) is 13.7. The Balaban J connectivity index is 2.21. The van der Waals surface area contributed by atoms with Crippen molar-refractivity contribution >= 4 is 35.2 Å². The van der Waals surface area contributed by atoms with Gasteiger partial charge in [-0.1, -0.05) is 0 Å². The van der Waals surface area contributed by atoms with Crippen LogP contribution in [0.1, 0.15) is 27.7 Å². The van der Waals surface area contributed by atoms with Crippen molar-refractivity contribution in [1.29, 1.82) is 0 Å². The summed E-state index contributed by atoms with van der Waals surface area (Å²) in [5.74, 6) is -4.45. The maximum atomic E-state index is 13.1. The number of hydrogen-bond acceptors (Lipinski definition) is 9. The van der Waals surface area contributed by atoms with E-state index in [4.69, 9.17) is 14.2 Å². The molecule has 0 aromatic heterocycles. The fourth-order valence-corrected chi connectivity index (χ4v) is 3.45. The quantitative estimate of drug-likeness (QED) is 0.410. The molecule has 10 heteroatoms. The van der Waals surface area contributed by atoms with Gasteiger partial charge in [0.05, 0.1) is 24.4 Å². The van der Waals surface area contributed by atoms with Crippen LogP contribution in [0, 0.1) is 5.92 Å². The van der Waals surface area contributed by atoms with E-state index in [9.17, 15) is 19.2 Å². The van der Waals surface area contributed by atoms with Crippen molar-refractivity contribution in [3.63, 3.8) is 0 Å². The topological polar surface area (TPSA) is 123 Å². The highest BCUT2D eigenvalue weighted by Crippen LogP contribution is 2.32. The van der Waals surface area contributed by atoms with E-state index in [-0.39, 0.29) is 24.4 Å². The summed E-state index contributed by atoms with van der Waals surface area (Å²) in [6.45, 7) is 5.96. The zero-order valence-corrected chi connectivity index (χ0v) is 20.3. The molecule has 1 aliphatic rings. The molecule has 0 saturated heterocycles. The lowest BCUT2D eigenvalue weighted by Gasteiger charge is -2.28. The minimum atomic E-state index is -1.40. The third-order valence-corrected chi connectivity index (χ3v) is 5.00. The molecular formula is C24H31N3O7. The molecule has 0 spiro atoms. The van der Waals surface area contributed by atoms with Gasteiger partial charge in [0.25, 0.3) is 5.91 Å². The third-order valence-electron chi connectivity index (χ3n) is 5.00. The van der Waals surface area contributed by atoms with E-state index in [0.29, 0.717) is 17.1 Å². The van der Waals surface area contributed by atoms with Gasteiger partial charge in [-0.2, -0.15) is 0 Å². The van der Waals surface area contributed by atoms with E-state index in [0.717, 1.165) is 5.69 Å². The number of hydrogen-bond donors (Lipinski definition) is 2. The summed E-state index contributed by atoms with van der Waals surface area (Å²) in [4.78, 5) is 52.6. The van der Waals surface area contributed by atoms with Gasteiger partial charge in [0.1, 0.15) is 5.92 Å². The Morgan fingerprint density at radius 1 is 0.882 bits per heavy atom. The zero-order chi connectivity index (χ0) is 25.4. The maximum Gasteiger partial charge on any atom is 0.337 e. The van der Waals surface area contributed by atoms with Crippen molar-refractivity contribution in [2.24, 2.45) is 5.92 Å². The van der Waals surface area contributed by atoms with Crippen LogP contribution in [0.2, 0.25) is 0 Å². The lowest BCUT2D eigenvalue weighted by atomic mass is 9.85. The van der Waals surface area contributed by atoms with Crippen molar-refractivity contribution < 1.29 is 33.4 Å². The summed E-state index contributed by atoms with van der Waals surface area (Å²) >= 11 is 0. The average molecular weight is 474 g/mol. The van der Waals surface area contributed by atoms with Crippen LogP contribution in [-0.4, -0.2) is 57.7 Å². The molecule has 1 aromatic rings. The Morgan fingerprint density at radius 3 is 1.82 bits per heavy atom. The van der Waals surface area contributed by atoms with E-state index in [1.54, 1.807) is 39.8 Å². The summed E-state index contributed by atoms with van der Waals surface area (Å²) in [5.41, 5.74) is 2.03. The first-order chi connectivity index (χ1) is 16.1. The number of nitrogens with zero attached hydrogens (tertiary/aromatic N) is 1. The molecule has 184 valence electrons. The highest BCUT2D eigenvalue weighted by Gasteiger charge is 2.42. The molecule has 0 bridgehead atoms. The zero-order valence-electron chi connectivity index (χ0n) is 20.3. The largest absolute Gasteiger partial charge is 0.463 e. The summed E-state index contributed by atoms with van der Waals surface area (Å²) in [6, 6.07) is 7.10. The Kier molecular flexibility index (Phi) is 9.23. The predicted octanol–water partition coefficient (Wildman–Crippen LogP) is 2.13. The number of esters is 3. The van der Waals surface area contributed by atoms with E-state index in [1.165, 1.54) is 0 Å². The van der Waals surface area contributed by atoms with Gasteiger partial charge < -0.3 is 29.7 Å². The van der Waals surface area contributed by atoms with Crippen LogP contribution in [0.25, 0.3) is 0 Å². The number of carbonyl (C=O) groups excluding carboxylic acids is 4. The first kappa shape index (κ1) is 26.4. The van der Waals surface area contributed by atoms with Crippen molar-refractivity contribution in [3.8, 4) is 0 Å². The molecule has 0 saturated carbocycles. The molecule has 2 N–H and O–H groups in total. The fourth-order valence-electron chi connectivity index (χ4n) is 3.45. The van der Waals surface area contributed by atoms with Gasteiger partial charge in [0.15, 0.2) is 6.61 Å². The summed E-state index contributed by atoms with van der Waals surface area (Å²) in [6.07, 6.45) is 0. The molecule has 0 atom stereocenters. The number of carbonyl (C=O) groups is 4. The van der Waals surface area contributed by atoms with E-state index in [2.05, 4.69) is 10.6 Å². The second kappa shape index (κ2) is 11.9. The first-order valence-electron chi connectivity index (χ1n) is 10.9. The molecule has 0 unspecified atom stereocenters. The molecule has 0 fully saturated rings. The number of rotatable bonds is 9. The number of dihydropyridines is 1. The maximum absolute atomic E-state index is 13.1. The fraction of sp³-hybridized carbons (Fsp3) is 0.417. The summed E-state index contributed by atoms with van der Waals surface area (Å²) < 4.78 is 15.4. The number of nitrogens with one attached hydrogen (secondary N) is 2. The van der Waals surface area contributed by atoms with Crippen LogP contribution in [0.3, 0.4) is 0 Å². The van der Waals surface area contributed by atoms with Gasteiger partial charge >= 0.3 is 17.9 Å². The molecular weight excluding hydrogens is 442 g/mol. The number of anilines is 2. The minimum absolute atomic E-state index is 0.0693. The van der Waals surface area contributed by atoms with Crippen LogP contribution in [0.5, 0.6) is 0 Å². The molecule has 1 aliphatic heterocycles. The standard InChI is InChI=1S/C24H31N3O7/c1-7-32-22(29)19-14(3)25-15(4)20(23(30)33-8-2)21(19)24(31)34-13-18(28)26-16-9-11-17(12-10-16)27(5)6/h9-12,21,25H,7-8,13H2,1-6H3,(H,26,28). The molecule has 1 amide bonds. The number of amides is 1. The molecule has 2 rings (SSSR count). The second-order valence-corrected chi connectivity index (χ2v) is 7.67. The van der Waals surface area contributed by atoms with Crippen molar-refractivity contribution in [2.45, 2.75) is 27.7 Å². The van der Waals surface area contributed by atoms with Gasteiger partial charge in [0, 0.05) is 36.9 Å². The second-order valence-electron chi connectivity index (χ2n) is 7.67. The molecule has 0 radical (unpaired) electrons. The van der Waals surface area contributed by atoms with Gasteiger partial charge in [-0.3, -0.25) is 9.59 Å². The van der Waals surface area contributed by atoms with Crippen molar-refractivity contribution in [1.82, 2.24) is 5.32 Å². The predicted molar refractivity (Wildman–Crippen MR) is 126 cm³/mol. The van der Waals surface area contributed by atoms with Gasteiger partial charge in [0.2, 0.25) is 0 Å². The van der Waals surface area contributed by atoms with Gasteiger partial charge in [-0.15, -0.1) is 0 Å². The van der Waals surface area contributed by atoms with Crippen LogP contribution in [-0.2, 0) is 33.4 Å². The third kappa shape index (κ3) is 6.37. The highest BCUT2D eigenvalue weighted by atomic mass is 16.5. The Hall–Kier alpha value is -3.82. The van der Waals surface area contributed by atoms with Crippen LogP contribution < -0.4 is 15.5 Å². The van der Waals surface area contributed by atoms with Crippen LogP contribution >= 0.6 is 0 Å². The van der Waals surface area contributed by atoms with Crippen molar-refractivity contribution in [2.75, 3.05) is 44.1 Å². The minimum Gasteiger partial charge on any atom is -0.463 e. The molecule has 1 aromatic carbocycles. The molecule has 34 heavy (non-hydrogen) atoms. The van der Waals surface area contributed by atoms with Gasteiger partial charge in [-0.05, 0) is 52.0 Å². The molecule has 1 heterocycles. The first-order valence-corrected chi connectivity index (χ1v) is 10.9.